The molecule has 0 radical (unpaired) electrons. The Morgan fingerprint density at radius 2 is 1.59 bits per heavy atom. The minimum atomic E-state index is -4.60. The molecule has 2 heterocycles. The molecule has 7 amide bonds. The molecule has 2 aliphatic heterocycles. The first kappa shape index (κ1) is 51.8. The molecule has 0 aromatic heterocycles. The second-order valence-electron chi connectivity index (χ2n) is 19.4. The molecule has 1 unspecified atom stereocenters. The number of nitrogens with one attached hydrogen (secondary N) is 3. The van der Waals surface area contributed by atoms with Crippen molar-refractivity contribution in [2.45, 2.75) is 134 Å². The molecule has 1 atom stereocenters. The van der Waals surface area contributed by atoms with Gasteiger partial charge in [-0.25, -0.2) is 13.2 Å². The number of ether oxygens (including phenoxy) is 1. The molecule has 1 aliphatic carbocycles. The summed E-state index contributed by atoms with van der Waals surface area (Å²) in [7, 11) is -4.60. The van der Waals surface area contributed by atoms with Gasteiger partial charge >= 0.3 is 6.09 Å². The number of fused-ring (bicyclic) bond motifs is 1. The Labute approximate surface area is 414 Å². The Bertz CT molecular complexity index is 2780. The zero-order valence-corrected chi connectivity index (χ0v) is 41.4. The molecule has 4 N–H and O–H groups in total. The maximum atomic E-state index is 14.5. The summed E-state index contributed by atoms with van der Waals surface area (Å²) in [5, 5.41) is 19.2. The first-order chi connectivity index (χ1) is 33.8. The molecular formula is C53H62N6O11S. The lowest BCUT2D eigenvalue weighted by Gasteiger charge is -2.29. The highest BCUT2D eigenvalue weighted by atomic mass is 32.2. The number of unbranched alkanes of at least 4 members (excludes halogenated alkanes) is 2. The number of nitrogens with zero attached hydrogens (tertiary/aromatic N) is 3. The Balaban J connectivity index is 0.983. The van der Waals surface area contributed by atoms with E-state index in [4.69, 9.17) is 4.74 Å². The van der Waals surface area contributed by atoms with Crippen molar-refractivity contribution in [2.75, 3.05) is 23.3 Å². The number of imide groups is 1. The number of benzene rings is 4. The van der Waals surface area contributed by atoms with Crippen LogP contribution in [-0.2, 0) is 47.0 Å². The van der Waals surface area contributed by atoms with E-state index in [0.29, 0.717) is 51.9 Å². The van der Waals surface area contributed by atoms with E-state index >= 15 is 0 Å². The first-order valence-corrected chi connectivity index (χ1v) is 25.6. The van der Waals surface area contributed by atoms with Gasteiger partial charge in [0.05, 0.1) is 17.0 Å². The summed E-state index contributed by atoms with van der Waals surface area (Å²) in [6.45, 7) is 5.89. The third-order valence-corrected chi connectivity index (χ3v) is 14.7. The standard InChI is InChI=1S/C53H62N6O11S/c1-34-17-24-39(25-18-34)71(68,69)59(52(67)70-53(2,3)4)33-48(63)57(31-35-19-21-37(22-20-35)36-12-7-5-8-13-36)38-23-26-41(45(60)30-38)49(64)54-29-10-6-9-16-46(61)55-43-15-11-14-40-42(43)32-58(51(40)66)44-27-28-47(62)56-50(44)65/h11,14-15,17-26,30,36,44,60H,5-10,12-13,16,27-29,31-33H2,1-4H3,(H,54,64)(H,55,61)(H,56,62,65). The van der Waals surface area contributed by atoms with Gasteiger partial charge in [0.15, 0.2) is 0 Å². The molecule has 2 fully saturated rings. The zero-order chi connectivity index (χ0) is 51.0. The topological polar surface area (TPSA) is 229 Å². The van der Waals surface area contributed by atoms with Crippen LogP contribution in [0.3, 0.4) is 0 Å². The normalized spacial score (nSPS) is 16.2. The van der Waals surface area contributed by atoms with E-state index in [1.54, 1.807) is 58.0 Å². The van der Waals surface area contributed by atoms with Crippen molar-refractivity contribution in [1.82, 2.24) is 19.8 Å². The van der Waals surface area contributed by atoms with E-state index in [-0.39, 0.29) is 72.8 Å². The molecule has 71 heavy (non-hydrogen) atoms. The van der Waals surface area contributed by atoms with Gasteiger partial charge in [-0.05, 0) is 113 Å². The number of amides is 7. The van der Waals surface area contributed by atoms with Gasteiger partial charge in [0.2, 0.25) is 23.6 Å². The first-order valence-electron chi connectivity index (χ1n) is 24.2. The van der Waals surface area contributed by atoms with Crippen LogP contribution in [0.25, 0.3) is 0 Å². The van der Waals surface area contributed by atoms with Crippen molar-refractivity contribution >= 4 is 62.9 Å². The van der Waals surface area contributed by atoms with Gasteiger partial charge in [0, 0.05) is 54.5 Å². The van der Waals surface area contributed by atoms with E-state index in [1.807, 2.05) is 24.3 Å². The van der Waals surface area contributed by atoms with Gasteiger partial charge in [0.1, 0.15) is 23.9 Å². The number of phenols is 1. The van der Waals surface area contributed by atoms with Crippen LogP contribution in [0, 0.1) is 6.92 Å². The maximum absolute atomic E-state index is 14.5. The molecule has 0 spiro atoms. The number of aryl methyl sites for hydroxylation is 1. The molecule has 7 rings (SSSR count). The van der Waals surface area contributed by atoms with E-state index in [0.717, 1.165) is 31.2 Å². The maximum Gasteiger partial charge on any atom is 0.424 e. The number of carbonyl (C=O) groups is 7. The summed E-state index contributed by atoms with van der Waals surface area (Å²) in [6, 6.07) is 22.0. The summed E-state index contributed by atoms with van der Waals surface area (Å²) in [5.41, 5.74) is 3.13. The van der Waals surface area contributed by atoms with E-state index in [2.05, 4.69) is 16.0 Å². The van der Waals surface area contributed by atoms with Crippen molar-refractivity contribution < 1.29 is 51.8 Å². The third-order valence-electron chi connectivity index (χ3n) is 12.9. The minimum absolute atomic E-state index is 0.0596. The smallest absolute Gasteiger partial charge is 0.424 e. The van der Waals surface area contributed by atoms with Crippen molar-refractivity contribution in [3.63, 3.8) is 0 Å². The molecule has 18 heteroatoms. The number of carbonyl (C=O) groups excluding carboxylic acids is 7. The predicted molar refractivity (Wildman–Crippen MR) is 265 cm³/mol. The van der Waals surface area contributed by atoms with Crippen LogP contribution in [0.1, 0.15) is 140 Å². The van der Waals surface area contributed by atoms with Crippen LogP contribution < -0.4 is 20.9 Å². The number of piperidine rings is 1. The van der Waals surface area contributed by atoms with E-state index < -0.39 is 57.8 Å². The Morgan fingerprint density at radius 1 is 0.873 bits per heavy atom. The lowest BCUT2D eigenvalue weighted by molar-refractivity contribution is -0.137. The average molecular weight is 991 g/mol. The number of aromatic hydroxyl groups is 1. The second-order valence-corrected chi connectivity index (χ2v) is 21.3. The Hall–Kier alpha value is -7.08. The summed E-state index contributed by atoms with van der Waals surface area (Å²) in [5.74, 6) is -2.89. The van der Waals surface area contributed by atoms with Crippen LogP contribution in [0.2, 0.25) is 0 Å². The largest absolute Gasteiger partial charge is 0.507 e. The Kier molecular flexibility index (Phi) is 16.3. The van der Waals surface area contributed by atoms with Gasteiger partial charge in [-0.2, -0.15) is 4.31 Å². The van der Waals surface area contributed by atoms with Crippen LogP contribution >= 0.6 is 0 Å². The number of phenolic OH excluding ortho intramolecular Hbond substituents is 1. The fourth-order valence-electron chi connectivity index (χ4n) is 9.12. The lowest BCUT2D eigenvalue weighted by Crippen LogP contribution is -2.52. The lowest BCUT2D eigenvalue weighted by atomic mass is 9.84. The molecule has 1 saturated heterocycles. The molecule has 4 aromatic carbocycles. The molecular weight excluding hydrogens is 929 g/mol. The van der Waals surface area contributed by atoms with Crippen molar-refractivity contribution in [2.24, 2.45) is 0 Å². The molecule has 376 valence electrons. The van der Waals surface area contributed by atoms with E-state index in [1.165, 1.54) is 52.1 Å². The average Bonchev–Trinajstić information content (AvgIpc) is 3.66. The summed E-state index contributed by atoms with van der Waals surface area (Å²) in [4.78, 5) is 94.3. The van der Waals surface area contributed by atoms with Gasteiger partial charge in [0.25, 0.3) is 21.8 Å². The summed E-state index contributed by atoms with van der Waals surface area (Å²) < 4.78 is 34.0. The zero-order valence-electron chi connectivity index (χ0n) is 40.6. The van der Waals surface area contributed by atoms with Crippen LogP contribution in [-0.4, -0.2) is 89.0 Å². The van der Waals surface area contributed by atoms with Gasteiger partial charge in [-0.15, -0.1) is 0 Å². The van der Waals surface area contributed by atoms with E-state index in [9.17, 15) is 47.1 Å². The highest BCUT2D eigenvalue weighted by Gasteiger charge is 2.40. The molecule has 3 aliphatic rings. The number of anilines is 2. The Morgan fingerprint density at radius 3 is 2.27 bits per heavy atom. The predicted octanol–water partition coefficient (Wildman–Crippen LogP) is 7.60. The van der Waals surface area contributed by atoms with Crippen molar-refractivity contribution in [1.29, 1.82) is 0 Å². The molecule has 1 saturated carbocycles. The summed E-state index contributed by atoms with van der Waals surface area (Å²) >= 11 is 0. The molecule has 4 aromatic rings. The van der Waals surface area contributed by atoms with Crippen LogP contribution in [0.15, 0.2) is 89.8 Å². The summed E-state index contributed by atoms with van der Waals surface area (Å²) in [6.07, 6.45) is 6.58. The van der Waals surface area contributed by atoms with Crippen LogP contribution in [0.4, 0.5) is 16.2 Å². The number of rotatable bonds is 17. The molecule has 17 nitrogen and oxygen atoms in total. The SMILES string of the molecule is Cc1ccc(S(=O)(=O)N(CC(=O)N(Cc2ccc(C3CCCCC3)cc2)c2ccc(C(=O)NCCCCCC(=O)Nc3cccc4c3CN(C3CCC(=O)NC3=O)C4=O)c(O)c2)C(=O)OC(C)(C)C)cc1. The number of hydrogen-bond acceptors (Lipinski definition) is 11. The van der Waals surface area contributed by atoms with Crippen LogP contribution in [0.5, 0.6) is 5.75 Å². The third kappa shape index (κ3) is 12.8. The number of hydrogen-bond donors (Lipinski definition) is 4. The van der Waals surface area contributed by atoms with Crippen molar-refractivity contribution in [3.05, 3.63) is 118 Å². The minimum Gasteiger partial charge on any atom is -0.507 e. The molecule has 0 bridgehead atoms. The van der Waals surface area contributed by atoms with Gasteiger partial charge in [-0.3, -0.25) is 34.1 Å². The van der Waals surface area contributed by atoms with Gasteiger partial charge in [-0.1, -0.05) is 73.7 Å². The quantitative estimate of drug-likeness (QED) is 0.0595. The monoisotopic (exact) mass is 990 g/mol. The number of sulfonamides is 1. The second kappa shape index (κ2) is 22.3. The van der Waals surface area contributed by atoms with Gasteiger partial charge < -0.3 is 30.3 Å². The highest BCUT2D eigenvalue weighted by molar-refractivity contribution is 7.89. The fraction of sp³-hybridized carbons (Fsp3) is 0.415. The van der Waals surface area contributed by atoms with Crippen molar-refractivity contribution in [3.8, 4) is 5.75 Å². The fourth-order valence-corrected chi connectivity index (χ4v) is 10.4. The highest BCUT2D eigenvalue weighted by Crippen LogP contribution is 2.35.